The van der Waals surface area contributed by atoms with Gasteiger partial charge < -0.3 is 14.5 Å². The van der Waals surface area contributed by atoms with E-state index in [9.17, 15) is 9.59 Å². The van der Waals surface area contributed by atoms with E-state index in [0.717, 1.165) is 10.8 Å². The van der Waals surface area contributed by atoms with Crippen LogP contribution in [-0.2, 0) is 4.74 Å². The Hall–Kier alpha value is -2.63. The molecule has 0 spiro atoms. The van der Waals surface area contributed by atoms with Gasteiger partial charge in [-0.2, -0.15) is 0 Å². The Labute approximate surface area is 147 Å². The van der Waals surface area contributed by atoms with Crippen LogP contribution < -0.4 is 0 Å². The molecule has 132 valence electrons. The molecule has 0 saturated carbocycles. The maximum atomic E-state index is 12.8. The Morgan fingerprint density at radius 1 is 1.00 bits per heavy atom. The standard InChI is InChI=1S/C19H23N3O3/c1-19(2,3)25-18(24)22-12-10-21(11-13-22)17(23)16-15-7-5-4-6-14(15)8-9-20-16/h4-9H,10-13H2,1-3H3. The van der Waals surface area contributed by atoms with Gasteiger partial charge in [-0.15, -0.1) is 0 Å². The maximum absolute atomic E-state index is 12.8. The Morgan fingerprint density at radius 2 is 1.64 bits per heavy atom. The number of piperazine rings is 1. The summed E-state index contributed by atoms with van der Waals surface area (Å²) in [4.78, 5) is 32.6. The zero-order valence-corrected chi connectivity index (χ0v) is 14.9. The fourth-order valence-corrected chi connectivity index (χ4v) is 2.86. The van der Waals surface area contributed by atoms with E-state index in [2.05, 4.69) is 4.98 Å². The van der Waals surface area contributed by atoms with E-state index in [1.807, 2.05) is 51.1 Å². The number of carbonyl (C=O) groups is 2. The molecule has 6 heteroatoms. The molecular formula is C19H23N3O3. The second kappa shape index (κ2) is 6.70. The molecule has 2 amide bonds. The third-order valence-corrected chi connectivity index (χ3v) is 4.09. The summed E-state index contributed by atoms with van der Waals surface area (Å²) >= 11 is 0. The van der Waals surface area contributed by atoms with E-state index in [0.29, 0.717) is 31.9 Å². The van der Waals surface area contributed by atoms with Crippen molar-refractivity contribution in [1.29, 1.82) is 0 Å². The van der Waals surface area contributed by atoms with Crippen molar-refractivity contribution < 1.29 is 14.3 Å². The monoisotopic (exact) mass is 341 g/mol. The number of fused-ring (bicyclic) bond motifs is 1. The van der Waals surface area contributed by atoms with E-state index in [4.69, 9.17) is 4.74 Å². The number of hydrogen-bond donors (Lipinski definition) is 0. The first-order valence-electron chi connectivity index (χ1n) is 8.46. The lowest BCUT2D eigenvalue weighted by molar-refractivity contribution is 0.0140. The highest BCUT2D eigenvalue weighted by atomic mass is 16.6. The Bertz CT molecular complexity index is 785. The van der Waals surface area contributed by atoms with Crippen LogP contribution >= 0.6 is 0 Å². The molecule has 1 aromatic carbocycles. The Kier molecular flexibility index (Phi) is 4.61. The SMILES string of the molecule is CC(C)(C)OC(=O)N1CCN(C(=O)c2nccc3ccccc23)CC1. The van der Waals surface area contributed by atoms with E-state index in [1.165, 1.54) is 0 Å². The van der Waals surface area contributed by atoms with Crippen molar-refractivity contribution in [2.45, 2.75) is 26.4 Å². The lowest BCUT2D eigenvalue weighted by Gasteiger charge is -2.35. The summed E-state index contributed by atoms with van der Waals surface area (Å²) in [5.41, 5.74) is -0.0551. The van der Waals surface area contributed by atoms with Crippen molar-refractivity contribution in [3.8, 4) is 0 Å². The van der Waals surface area contributed by atoms with Crippen LogP contribution in [0.4, 0.5) is 4.79 Å². The summed E-state index contributed by atoms with van der Waals surface area (Å²) < 4.78 is 5.39. The summed E-state index contributed by atoms with van der Waals surface area (Å²) in [6.45, 7) is 7.41. The molecule has 0 bridgehead atoms. The number of amides is 2. The largest absolute Gasteiger partial charge is 0.444 e. The zero-order chi connectivity index (χ0) is 18.0. The molecule has 0 atom stereocenters. The fourth-order valence-electron chi connectivity index (χ4n) is 2.86. The van der Waals surface area contributed by atoms with Crippen LogP contribution in [0, 0.1) is 0 Å². The van der Waals surface area contributed by atoms with Crippen LogP contribution in [0.25, 0.3) is 10.8 Å². The van der Waals surface area contributed by atoms with E-state index >= 15 is 0 Å². The smallest absolute Gasteiger partial charge is 0.410 e. The molecule has 0 aliphatic carbocycles. The molecular weight excluding hydrogens is 318 g/mol. The lowest BCUT2D eigenvalue weighted by atomic mass is 10.1. The number of ether oxygens (including phenoxy) is 1. The molecule has 3 rings (SSSR count). The first kappa shape index (κ1) is 17.2. The minimum absolute atomic E-state index is 0.0966. The molecule has 1 fully saturated rings. The second-order valence-electron chi connectivity index (χ2n) is 7.14. The minimum atomic E-state index is -0.517. The van der Waals surface area contributed by atoms with Gasteiger partial charge in [-0.3, -0.25) is 9.78 Å². The molecule has 1 saturated heterocycles. The molecule has 0 radical (unpaired) electrons. The van der Waals surface area contributed by atoms with Crippen LogP contribution in [0.1, 0.15) is 31.3 Å². The van der Waals surface area contributed by atoms with Gasteiger partial charge in [0, 0.05) is 37.8 Å². The molecule has 1 aliphatic rings. The number of pyridine rings is 1. The van der Waals surface area contributed by atoms with Gasteiger partial charge in [0.25, 0.3) is 5.91 Å². The number of aromatic nitrogens is 1. The average Bonchev–Trinajstić information content (AvgIpc) is 2.59. The van der Waals surface area contributed by atoms with Gasteiger partial charge in [0.1, 0.15) is 11.3 Å². The summed E-state index contributed by atoms with van der Waals surface area (Å²) in [5, 5.41) is 1.85. The molecule has 0 unspecified atom stereocenters. The zero-order valence-electron chi connectivity index (χ0n) is 14.9. The Balaban J connectivity index is 1.68. The van der Waals surface area contributed by atoms with E-state index in [-0.39, 0.29) is 12.0 Å². The number of hydrogen-bond acceptors (Lipinski definition) is 4. The molecule has 1 aliphatic heterocycles. The third-order valence-electron chi connectivity index (χ3n) is 4.09. The number of rotatable bonds is 1. The molecule has 1 aromatic heterocycles. The van der Waals surface area contributed by atoms with Crippen molar-refractivity contribution >= 4 is 22.8 Å². The van der Waals surface area contributed by atoms with Gasteiger partial charge in [0.15, 0.2) is 0 Å². The van der Waals surface area contributed by atoms with Crippen LogP contribution in [0.5, 0.6) is 0 Å². The number of carbonyl (C=O) groups excluding carboxylic acids is 2. The summed E-state index contributed by atoms with van der Waals surface area (Å²) in [6.07, 6.45) is 1.33. The molecule has 0 N–H and O–H groups in total. The molecule has 2 heterocycles. The van der Waals surface area contributed by atoms with Gasteiger partial charge in [-0.25, -0.2) is 4.79 Å². The predicted molar refractivity (Wildman–Crippen MR) is 95.5 cm³/mol. The van der Waals surface area contributed by atoms with Gasteiger partial charge in [-0.1, -0.05) is 24.3 Å². The van der Waals surface area contributed by atoms with Crippen molar-refractivity contribution in [1.82, 2.24) is 14.8 Å². The second-order valence-corrected chi connectivity index (χ2v) is 7.14. The van der Waals surface area contributed by atoms with E-state index in [1.54, 1.807) is 16.0 Å². The van der Waals surface area contributed by atoms with Crippen molar-refractivity contribution in [2.75, 3.05) is 26.2 Å². The summed E-state index contributed by atoms with van der Waals surface area (Å²) in [5.74, 6) is -0.0966. The van der Waals surface area contributed by atoms with Gasteiger partial charge in [-0.05, 0) is 32.2 Å². The first-order chi connectivity index (χ1) is 11.8. The predicted octanol–water partition coefficient (Wildman–Crippen LogP) is 2.93. The Morgan fingerprint density at radius 3 is 2.32 bits per heavy atom. The average molecular weight is 341 g/mol. The highest BCUT2D eigenvalue weighted by Gasteiger charge is 2.28. The molecule has 25 heavy (non-hydrogen) atoms. The summed E-state index contributed by atoms with van der Waals surface area (Å²) in [7, 11) is 0. The van der Waals surface area contributed by atoms with Crippen molar-refractivity contribution in [3.05, 3.63) is 42.2 Å². The van der Waals surface area contributed by atoms with Gasteiger partial charge in [0.2, 0.25) is 0 Å². The van der Waals surface area contributed by atoms with Crippen LogP contribution in [0.2, 0.25) is 0 Å². The van der Waals surface area contributed by atoms with Gasteiger partial charge in [0.05, 0.1) is 0 Å². The highest BCUT2D eigenvalue weighted by molar-refractivity contribution is 6.05. The quantitative estimate of drug-likeness (QED) is 0.800. The molecule has 6 nitrogen and oxygen atoms in total. The van der Waals surface area contributed by atoms with Crippen molar-refractivity contribution in [3.63, 3.8) is 0 Å². The van der Waals surface area contributed by atoms with Crippen LogP contribution in [0.3, 0.4) is 0 Å². The van der Waals surface area contributed by atoms with Crippen LogP contribution in [0.15, 0.2) is 36.5 Å². The topological polar surface area (TPSA) is 62.7 Å². The van der Waals surface area contributed by atoms with E-state index < -0.39 is 5.60 Å². The van der Waals surface area contributed by atoms with Crippen LogP contribution in [-0.4, -0.2) is 58.6 Å². The highest BCUT2D eigenvalue weighted by Crippen LogP contribution is 2.19. The number of nitrogens with zero attached hydrogens (tertiary/aromatic N) is 3. The lowest BCUT2D eigenvalue weighted by Crippen LogP contribution is -2.51. The maximum Gasteiger partial charge on any atom is 0.410 e. The fraction of sp³-hybridized carbons (Fsp3) is 0.421. The molecule has 2 aromatic rings. The van der Waals surface area contributed by atoms with Gasteiger partial charge >= 0.3 is 6.09 Å². The minimum Gasteiger partial charge on any atom is -0.444 e. The first-order valence-corrected chi connectivity index (χ1v) is 8.46. The normalized spacial score (nSPS) is 15.3. The third kappa shape index (κ3) is 3.90. The summed E-state index contributed by atoms with van der Waals surface area (Å²) in [6, 6.07) is 9.62. The number of benzene rings is 1. The van der Waals surface area contributed by atoms with Crippen molar-refractivity contribution in [2.24, 2.45) is 0 Å².